The summed E-state index contributed by atoms with van der Waals surface area (Å²) < 4.78 is 5.59. The zero-order chi connectivity index (χ0) is 11.6. The van der Waals surface area contributed by atoms with Crippen LogP contribution in [0.4, 0.5) is 0 Å². The minimum atomic E-state index is 0.333. The van der Waals surface area contributed by atoms with Crippen molar-refractivity contribution < 1.29 is 4.74 Å². The van der Waals surface area contributed by atoms with Crippen LogP contribution in [0.25, 0.3) is 0 Å². The van der Waals surface area contributed by atoms with Crippen LogP contribution in [0.5, 0.6) is 0 Å². The molecule has 0 bridgehead atoms. The second-order valence-electron chi connectivity index (χ2n) is 4.82. The zero-order valence-electron chi connectivity index (χ0n) is 11.0. The van der Waals surface area contributed by atoms with Crippen LogP contribution in [-0.2, 0) is 4.74 Å². The molecule has 2 nitrogen and oxygen atoms in total. The Labute approximate surface area is 101 Å². The van der Waals surface area contributed by atoms with Gasteiger partial charge in [0, 0.05) is 6.54 Å². The Hall–Kier alpha value is -0.0800. The molecule has 1 fully saturated rings. The molecule has 2 unspecified atom stereocenters. The molecule has 16 heavy (non-hydrogen) atoms. The van der Waals surface area contributed by atoms with E-state index in [4.69, 9.17) is 4.74 Å². The van der Waals surface area contributed by atoms with Crippen LogP contribution in [-0.4, -0.2) is 19.4 Å². The molecule has 1 rings (SSSR count). The first-order valence-electron chi connectivity index (χ1n) is 7.05. The molecule has 1 heterocycles. The first-order valence-corrected chi connectivity index (χ1v) is 7.05. The molecular formula is C14H28NO. The molecule has 95 valence electrons. The van der Waals surface area contributed by atoms with Gasteiger partial charge in [-0.15, -0.1) is 0 Å². The van der Waals surface area contributed by atoms with Gasteiger partial charge in [0.25, 0.3) is 0 Å². The molecule has 2 atom stereocenters. The van der Waals surface area contributed by atoms with E-state index in [0.717, 1.165) is 19.1 Å². The van der Waals surface area contributed by atoms with Crippen molar-refractivity contribution in [2.75, 3.05) is 13.2 Å². The maximum absolute atomic E-state index is 5.59. The first-order chi connectivity index (χ1) is 7.86. The number of nitrogens with one attached hydrogen (secondary N) is 1. The maximum Gasteiger partial charge on any atom is 0.108 e. The molecule has 1 aliphatic rings. The van der Waals surface area contributed by atoms with Crippen molar-refractivity contribution in [1.29, 1.82) is 0 Å². The molecule has 0 saturated carbocycles. The summed E-state index contributed by atoms with van der Waals surface area (Å²) in [4.78, 5) is 0. The van der Waals surface area contributed by atoms with E-state index in [1.807, 2.05) is 0 Å². The van der Waals surface area contributed by atoms with Gasteiger partial charge < -0.3 is 4.74 Å². The average Bonchev–Trinajstić information content (AvgIpc) is 2.81. The summed E-state index contributed by atoms with van der Waals surface area (Å²) in [5.41, 5.74) is 0. The van der Waals surface area contributed by atoms with Gasteiger partial charge in [0.2, 0.25) is 0 Å². The smallest absolute Gasteiger partial charge is 0.108 e. The first kappa shape index (κ1) is 14.0. The van der Waals surface area contributed by atoms with E-state index in [0.29, 0.717) is 6.23 Å². The molecule has 0 aromatic rings. The largest absolute Gasteiger partial charge is 0.362 e. The summed E-state index contributed by atoms with van der Waals surface area (Å²) >= 11 is 0. The molecule has 0 amide bonds. The van der Waals surface area contributed by atoms with Crippen LogP contribution in [0.1, 0.15) is 58.8 Å². The highest BCUT2D eigenvalue weighted by atomic mass is 16.5. The molecule has 0 aliphatic carbocycles. The van der Waals surface area contributed by atoms with E-state index in [1.54, 1.807) is 0 Å². The predicted molar refractivity (Wildman–Crippen MR) is 69.2 cm³/mol. The standard InChI is InChI=1S/C14H28NO/c1-3-5-7-13(8-6-4-2)9-10-14-15-11-12-16-14/h7,13-15H,3-6,8-12H2,1-2H3. The van der Waals surface area contributed by atoms with Gasteiger partial charge in [0.1, 0.15) is 6.23 Å². The van der Waals surface area contributed by atoms with Gasteiger partial charge in [-0.1, -0.05) is 46.0 Å². The molecule has 1 aliphatic heterocycles. The van der Waals surface area contributed by atoms with Crippen molar-refractivity contribution in [3.05, 3.63) is 6.42 Å². The van der Waals surface area contributed by atoms with Gasteiger partial charge in [-0.3, -0.25) is 5.32 Å². The minimum absolute atomic E-state index is 0.333. The Morgan fingerprint density at radius 2 is 2.19 bits per heavy atom. The average molecular weight is 226 g/mol. The Morgan fingerprint density at radius 1 is 1.31 bits per heavy atom. The topological polar surface area (TPSA) is 21.3 Å². The summed E-state index contributed by atoms with van der Waals surface area (Å²) in [6, 6.07) is 0. The van der Waals surface area contributed by atoms with Crippen molar-refractivity contribution in [2.24, 2.45) is 5.92 Å². The number of rotatable bonds is 9. The van der Waals surface area contributed by atoms with Gasteiger partial charge in [-0.2, -0.15) is 0 Å². The summed E-state index contributed by atoms with van der Waals surface area (Å²) in [6.07, 6.45) is 11.9. The van der Waals surface area contributed by atoms with Crippen LogP contribution in [0.15, 0.2) is 0 Å². The summed E-state index contributed by atoms with van der Waals surface area (Å²) in [5.74, 6) is 0.811. The van der Waals surface area contributed by atoms with E-state index < -0.39 is 0 Å². The highest BCUT2D eigenvalue weighted by Gasteiger charge is 2.16. The van der Waals surface area contributed by atoms with E-state index >= 15 is 0 Å². The number of hydrogen-bond acceptors (Lipinski definition) is 2. The Morgan fingerprint density at radius 3 is 2.81 bits per heavy atom. The highest BCUT2D eigenvalue weighted by Crippen LogP contribution is 2.22. The lowest BCUT2D eigenvalue weighted by Crippen LogP contribution is -2.23. The van der Waals surface area contributed by atoms with Gasteiger partial charge in [-0.05, 0) is 25.2 Å². The number of unbranched alkanes of at least 4 members (excludes halogenated alkanes) is 2. The van der Waals surface area contributed by atoms with Crippen LogP contribution in [0.3, 0.4) is 0 Å². The predicted octanol–water partition coefficient (Wildman–Crippen LogP) is 3.52. The van der Waals surface area contributed by atoms with Gasteiger partial charge in [-0.25, -0.2) is 0 Å². The van der Waals surface area contributed by atoms with Crippen molar-refractivity contribution in [3.63, 3.8) is 0 Å². The lowest BCUT2D eigenvalue weighted by atomic mass is 9.91. The fraction of sp³-hybridized carbons (Fsp3) is 0.929. The molecule has 1 N–H and O–H groups in total. The molecule has 1 radical (unpaired) electrons. The molecule has 0 aromatic heterocycles. The van der Waals surface area contributed by atoms with Gasteiger partial charge in [0.05, 0.1) is 6.61 Å². The normalized spacial score (nSPS) is 20.8. The number of ether oxygens (including phenoxy) is 1. The van der Waals surface area contributed by atoms with Crippen LogP contribution in [0.2, 0.25) is 0 Å². The lowest BCUT2D eigenvalue weighted by Gasteiger charge is -2.18. The third kappa shape index (κ3) is 5.86. The van der Waals surface area contributed by atoms with Gasteiger partial charge >= 0.3 is 0 Å². The molecule has 0 aromatic carbocycles. The second kappa shape index (κ2) is 9.00. The Balaban J connectivity index is 2.13. The Kier molecular flexibility index (Phi) is 7.87. The van der Waals surface area contributed by atoms with Crippen molar-refractivity contribution in [3.8, 4) is 0 Å². The third-order valence-corrected chi connectivity index (χ3v) is 3.31. The molecular weight excluding hydrogens is 198 g/mol. The summed E-state index contributed by atoms with van der Waals surface area (Å²) in [5, 5.41) is 3.39. The molecule has 0 spiro atoms. The summed E-state index contributed by atoms with van der Waals surface area (Å²) in [6.45, 7) is 6.46. The van der Waals surface area contributed by atoms with E-state index in [2.05, 4.69) is 25.6 Å². The fourth-order valence-corrected chi connectivity index (χ4v) is 2.28. The lowest BCUT2D eigenvalue weighted by molar-refractivity contribution is 0.0888. The van der Waals surface area contributed by atoms with Crippen molar-refractivity contribution >= 4 is 0 Å². The van der Waals surface area contributed by atoms with E-state index in [9.17, 15) is 0 Å². The van der Waals surface area contributed by atoms with Crippen LogP contribution >= 0.6 is 0 Å². The number of hydrogen-bond donors (Lipinski definition) is 1. The minimum Gasteiger partial charge on any atom is -0.362 e. The third-order valence-electron chi connectivity index (χ3n) is 3.31. The maximum atomic E-state index is 5.59. The quantitative estimate of drug-likeness (QED) is 0.649. The van der Waals surface area contributed by atoms with Gasteiger partial charge in [0.15, 0.2) is 0 Å². The fourth-order valence-electron chi connectivity index (χ4n) is 2.28. The van der Waals surface area contributed by atoms with Crippen LogP contribution < -0.4 is 5.32 Å². The van der Waals surface area contributed by atoms with Crippen LogP contribution in [0, 0.1) is 12.3 Å². The van der Waals surface area contributed by atoms with E-state index in [-0.39, 0.29) is 0 Å². The highest BCUT2D eigenvalue weighted by molar-refractivity contribution is 4.77. The van der Waals surface area contributed by atoms with Crippen molar-refractivity contribution in [1.82, 2.24) is 5.32 Å². The SMILES string of the molecule is CCC[CH]C(CCCC)CCC1NCCO1. The second-order valence-corrected chi connectivity index (χ2v) is 4.82. The van der Waals surface area contributed by atoms with Crippen molar-refractivity contribution in [2.45, 2.75) is 65.0 Å². The zero-order valence-corrected chi connectivity index (χ0v) is 11.0. The molecule has 1 saturated heterocycles. The van der Waals surface area contributed by atoms with E-state index in [1.165, 1.54) is 44.9 Å². The monoisotopic (exact) mass is 226 g/mol. The Bertz CT molecular complexity index is 147. The molecule has 2 heteroatoms. The summed E-state index contributed by atoms with van der Waals surface area (Å²) in [7, 11) is 0.